The first kappa shape index (κ1) is 22.1. The molecule has 0 spiro atoms. The van der Waals surface area contributed by atoms with E-state index in [1.165, 1.54) is 0 Å². The molecule has 2 aliphatic rings. The van der Waals surface area contributed by atoms with Gasteiger partial charge in [-0.2, -0.15) is 5.10 Å². The Hall–Kier alpha value is -2.68. The predicted octanol–water partition coefficient (Wildman–Crippen LogP) is 4.53. The lowest BCUT2D eigenvalue weighted by Crippen LogP contribution is -2.35. The molecule has 0 radical (unpaired) electrons. The van der Waals surface area contributed by atoms with Gasteiger partial charge in [0.15, 0.2) is 5.65 Å². The molecular formula is C24H29F2N5O2. The van der Waals surface area contributed by atoms with E-state index in [0.717, 1.165) is 23.4 Å². The summed E-state index contributed by atoms with van der Waals surface area (Å²) in [6.45, 7) is 4.29. The van der Waals surface area contributed by atoms with Gasteiger partial charge in [0.05, 0.1) is 23.7 Å². The van der Waals surface area contributed by atoms with E-state index in [2.05, 4.69) is 10.1 Å². The Kier molecular flexibility index (Phi) is 5.55. The van der Waals surface area contributed by atoms with Crippen LogP contribution >= 0.6 is 0 Å². The molecule has 3 aromatic heterocycles. The molecule has 1 saturated carbocycles. The summed E-state index contributed by atoms with van der Waals surface area (Å²) in [4.78, 5) is 23.2. The smallest absolute Gasteiger partial charge is 0.256 e. The highest BCUT2D eigenvalue weighted by Crippen LogP contribution is 2.40. The van der Waals surface area contributed by atoms with Gasteiger partial charge >= 0.3 is 0 Å². The van der Waals surface area contributed by atoms with Crippen molar-refractivity contribution < 1.29 is 13.5 Å². The van der Waals surface area contributed by atoms with Gasteiger partial charge in [-0.3, -0.25) is 14.0 Å². The lowest BCUT2D eigenvalue weighted by molar-refractivity contribution is -0.0439. The monoisotopic (exact) mass is 457 g/mol. The number of aromatic nitrogens is 5. The Morgan fingerprint density at radius 2 is 1.85 bits per heavy atom. The molecule has 0 aromatic carbocycles. The molecular weight excluding hydrogens is 428 g/mol. The van der Waals surface area contributed by atoms with Crippen LogP contribution in [0.3, 0.4) is 0 Å². The maximum atomic E-state index is 13.9. The first-order valence-corrected chi connectivity index (χ1v) is 11.6. The van der Waals surface area contributed by atoms with Gasteiger partial charge in [-0.05, 0) is 51.5 Å². The lowest BCUT2D eigenvalue weighted by atomic mass is 9.87. The molecule has 2 atom stereocenters. The fourth-order valence-corrected chi connectivity index (χ4v) is 5.16. The van der Waals surface area contributed by atoms with Crippen molar-refractivity contribution in [3.8, 4) is 0 Å². The molecule has 176 valence electrons. The Labute approximate surface area is 190 Å². The summed E-state index contributed by atoms with van der Waals surface area (Å²) in [5, 5.41) is 4.24. The van der Waals surface area contributed by atoms with Gasteiger partial charge in [-0.25, -0.2) is 18.7 Å². The zero-order valence-electron chi connectivity index (χ0n) is 19.2. The molecule has 0 N–H and O–H groups in total. The molecule has 2 fully saturated rings. The van der Waals surface area contributed by atoms with Crippen molar-refractivity contribution in [1.29, 1.82) is 0 Å². The van der Waals surface area contributed by atoms with Gasteiger partial charge in [-0.1, -0.05) is 0 Å². The number of halogens is 2. The summed E-state index contributed by atoms with van der Waals surface area (Å²) in [5.74, 6) is -2.68. The van der Waals surface area contributed by atoms with Crippen LogP contribution in [0.1, 0.15) is 79.1 Å². The van der Waals surface area contributed by atoms with Crippen molar-refractivity contribution in [2.24, 2.45) is 7.05 Å². The van der Waals surface area contributed by atoms with Gasteiger partial charge in [0.2, 0.25) is 5.92 Å². The molecule has 1 saturated heterocycles. The Bertz CT molecular complexity index is 1240. The van der Waals surface area contributed by atoms with E-state index in [4.69, 9.17) is 9.72 Å². The van der Waals surface area contributed by atoms with Crippen LogP contribution in [0.15, 0.2) is 23.3 Å². The molecule has 9 heteroatoms. The lowest BCUT2D eigenvalue weighted by Gasteiger charge is -2.32. The largest absolute Gasteiger partial charge is 0.373 e. The van der Waals surface area contributed by atoms with Gasteiger partial charge in [-0.15, -0.1) is 0 Å². The zero-order chi connectivity index (χ0) is 23.3. The third kappa shape index (κ3) is 4.18. The molecule has 1 aliphatic heterocycles. The van der Waals surface area contributed by atoms with E-state index in [0.29, 0.717) is 29.8 Å². The fourth-order valence-electron chi connectivity index (χ4n) is 5.16. The van der Waals surface area contributed by atoms with E-state index in [1.54, 1.807) is 15.4 Å². The summed E-state index contributed by atoms with van der Waals surface area (Å²) in [6, 6.07) is 1.56. The summed E-state index contributed by atoms with van der Waals surface area (Å²) < 4.78 is 37.1. The Balaban J connectivity index is 1.58. The number of fused-ring (bicyclic) bond motifs is 1. The molecule has 0 unspecified atom stereocenters. The number of alkyl halides is 2. The second kappa shape index (κ2) is 8.27. The third-order valence-corrected chi connectivity index (χ3v) is 7.17. The highest BCUT2D eigenvalue weighted by Gasteiger charge is 2.37. The van der Waals surface area contributed by atoms with Crippen molar-refractivity contribution in [3.05, 3.63) is 51.3 Å². The topological polar surface area (TPSA) is 74.8 Å². The summed E-state index contributed by atoms with van der Waals surface area (Å²) >= 11 is 0. The average Bonchev–Trinajstić information content (AvgIpc) is 3.22. The molecule has 0 amide bonds. The van der Waals surface area contributed by atoms with Crippen molar-refractivity contribution in [1.82, 2.24) is 24.3 Å². The van der Waals surface area contributed by atoms with Crippen LogP contribution in [0.25, 0.3) is 11.2 Å². The highest BCUT2D eigenvalue weighted by molar-refractivity contribution is 5.72. The predicted molar refractivity (Wildman–Crippen MR) is 120 cm³/mol. The molecule has 7 nitrogen and oxygen atoms in total. The van der Waals surface area contributed by atoms with Crippen LogP contribution in [-0.4, -0.2) is 36.8 Å². The minimum absolute atomic E-state index is 0.0134. The first-order valence-electron chi connectivity index (χ1n) is 11.6. The minimum atomic E-state index is -2.66. The maximum Gasteiger partial charge on any atom is 0.256 e. The number of aryl methyl sites for hydroxylation is 3. The second-order valence-corrected chi connectivity index (χ2v) is 9.49. The Morgan fingerprint density at radius 3 is 2.55 bits per heavy atom. The number of ether oxygens (including phenoxy) is 1. The van der Waals surface area contributed by atoms with Crippen LogP contribution in [0.5, 0.6) is 0 Å². The third-order valence-electron chi connectivity index (χ3n) is 7.17. The molecule has 0 bridgehead atoms. The number of hydrogen-bond acceptors (Lipinski definition) is 5. The van der Waals surface area contributed by atoms with E-state index in [1.807, 2.05) is 33.2 Å². The molecule has 1 aliphatic carbocycles. The van der Waals surface area contributed by atoms with Crippen LogP contribution in [0.4, 0.5) is 8.78 Å². The summed E-state index contributed by atoms with van der Waals surface area (Å²) in [5.41, 5.74) is 4.22. The molecule has 33 heavy (non-hydrogen) atoms. The van der Waals surface area contributed by atoms with Crippen LogP contribution < -0.4 is 5.56 Å². The van der Waals surface area contributed by atoms with Crippen LogP contribution in [0.2, 0.25) is 0 Å². The number of hydrogen-bond donors (Lipinski definition) is 0. The fraction of sp³-hybridized carbons (Fsp3) is 0.583. The standard InChI is InChI=1S/C24H29F2N5O2/c1-14-15(2)29-22-20(28-14)11-19(23(32)31(22)18-4-7-24(25,26)8-5-18)16-6-9-33-21(10-16)17-12-27-30(3)13-17/h11-13,16,18,21H,4-10H2,1-3H3/t16-,21+/m1/s1. The number of nitrogens with zero attached hydrogens (tertiary/aromatic N) is 5. The van der Waals surface area contributed by atoms with Crippen molar-refractivity contribution in [2.75, 3.05) is 6.61 Å². The second-order valence-electron chi connectivity index (χ2n) is 9.49. The van der Waals surface area contributed by atoms with Gasteiger partial charge in [0.1, 0.15) is 5.52 Å². The summed E-state index contributed by atoms with van der Waals surface area (Å²) in [6.07, 6.45) is 5.06. The normalized spacial score (nSPS) is 23.8. The van der Waals surface area contributed by atoms with Gasteiger partial charge in [0, 0.05) is 49.9 Å². The van der Waals surface area contributed by atoms with Crippen molar-refractivity contribution >= 4 is 11.2 Å². The van der Waals surface area contributed by atoms with Crippen molar-refractivity contribution in [3.63, 3.8) is 0 Å². The van der Waals surface area contributed by atoms with E-state index >= 15 is 0 Å². The van der Waals surface area contributed by atoms with Crippen molar-refractivity contribution in [2.45, 2.75) is 76.4 Å². The van der Waals surface area contributed by atoms with E-state index in [-0.39, 0.29) is 49.3 Å². The summed E-state index contributed by atoms with van der Waals surface area (Å²) in [7, 11) is 1.86. The molecule has 5 rings (SSSR count). The van der Waals surface area contributed by atoms with Crippen LogP contribution in [0, 0.1) is 13.8 Å². The number of pyridine rings is 1. The average molecular weight is 458 g/mol. The maximum absolute atomic E-state index is 13.9. The quantitative estimate of drug-likeness (QED) is 0.578. The SMILES string of the molecule is Cc1nc2cc([C@@H]3CCO[C@H](c4cnn(C)c4)C3)c(=O)n(C3CCC(F)(F)CC3)c2nc1C. The minimum Gasteiger partial charge on any atom is -0.373 e. The number of rotatable bonds is 3. The van der Waals surface area contributed by atoms with Gasteiger partial charge in [0.25, 0.3) is 5.56 Å². The first-order chi connectivity index (χ1) is 15.7. The van der Waals surface area contributed by atoms with E-state index in [9.17, 15) is 13.6 Å². The highest BCUT2D eigenvalue weighted by atomic mass is 19.3. The Morgan fingerprint density at radius 1 is 1.12 bits per heavy atom. The van der Waals surface area contributed by atoms with Gasteiger partial charge < -0.3 is 4.74 Å². The van der Waals surface area contributed by atoms with Crippen LogP contribution in [-0.2, 0) is 11.8 Å². The van der Waals surface area contributed by atoms with E-state index < -0.39 is 5.92 Å². The molecule has 3 aromatic rings. The zero-order valence-corrected chi connectivity index (χ0v) is 19.2. The molecule has 4 heterocycles.